The van der Waals surface area contributed by atoms with Crippen molar-refractivity contribution in [2.24, 2.45) is 11.7 Å². The number of nitrogens with zero attached hydrogens (tertiary/aromatic N) is 1. The van der Waals surface area contributed by atoms with Crippen molar-refractivity contribution in [3.8, 4) is 5.75 Å². The van der Waals surface area contributed by atoms with Gasteiger partial charge in [-0.1, -0.05) is 12.1 Å². The molecule has 0 spiro atoms. The van der Waals surface area contributed by atoms with Crippen LogP contribution in [-0.4, -0.2) is 50.8 Å². The first-order valence-electron chi connectivity index (χ1n) is 7.45. The summed E-state index contributed by atoms with van der Waals surface area (Å²) < 4.78 is 10.5. The number of rotatable bonds is 7. The zero-order valence-electron chi connectivity index (χ0n) is 12.6. The molecule has 0 amide bonds. The molecule has 1 aliphatic heterocycles. The zero-order valence-corrected chi connectivity index (χ0v) is 12.6. The molecule has 0 saturated carbocycles. The second-order valence-corrected chi connectivity index (χ2v) is 5.34. The van der Waals surface area contributed by atoms with Gasteiger partial charge in [-0.3, -0.25) is 9.69 Å². The molecular weight excluding hydrogens is 268 g/mol. The maximum atomic E-state index is 11.5. The molecule has 0 radical (unpaired) electrons. The Kier molecular flexibility index (Phi) is 6.02. The van der Waals surface area contributed by atoms with E-state index >= 15 is 0 Å². The number of benzene rings is 1. The summed E-state index contributed by atoms with van der Waals surface area (Å²) in [5.41, 5.74) is 6.75. The molecule has 1 heterocycles. The van der Waals surface area contributed by atoms with Crippen LogP contribution in [0.3, 0.4) is 0 Å². The fourth-order valence-corrected chi connectivity index (χ4v) is 2.61. The molecule has 1 aromatic rings. The number of methoxy groups -OCH3 is 1. The number of nitrogens with two attached hydrogens (primary N) is 1. The van der Waals surface area contributed by atoms with E-state index in [-0.39, 0.29) is 11.9 Å². The first kappa shape index (κ1) is 15.8. The van der Waals surface area contributed by atoms with Crippen molar-refractivity contribution in [1.82, 2.24) is 4.90 Å². The Morgan fingerprint density at radius 1 is 1.38 bits per heavy atom. The minimum atomic E-state index is -0.103. The molecule has 1 fully saturated rings. The standard InChI is InChI=1S/C16H24N2O3/c1-20-16(19)14-7-9-18(12-14)10-11-21-15-4-2-13(3-5-15)6-8-17/h2-5,14H,6-12,17H2,1H3. The molecule has 1 atom stereocenters. The average molecular weight is 292 g/mol. The normalized spacial score (nSPS) is 18.7. The van der Waals surface area contributed by atoms with Crippen LogP contribution in [0.5, 0.6) is 5.75 Å². The van der Waals surface area contributed by atoms with Gasteiger partial charge in [0.05, 0.1) is 13.0 Å². The van der Waals surface area contributed by atoms with E-state index in [0.29, 0.717) is 13.2 Å². The molecule has 0 aromatic heterocycles. The number of hydrogen-bond acceptors (Lipinski definition) is 5. The monoisotopic (exact) mass is 292 g/mol. The number of likely N-dealkylation sites (tertiary alicyclic amines) is 1. The van der Waals surface area contributed by atoms with Crippen LogP contribution < -0.4 is 10.5 Å². The topological polar surface area (TPSA) is 64.8 Å². The molecule has 1 aromatic carbocycles. The maximum Gasteiger partial charge on any atom is 0.310 e. The lowest BCUT2D eigenvalue weighted by Gasteiger charge is -2.16. The number of carbonyl (C=O) groups is 1. The fraction of sp³-hybridized carbons (Fsp3) is 0.562. The van der Waals surface area contributed by atoms with E-state index in [9.17, 15) is 4.79 Å². The summed E-state index contributed by atoms with van der Waals surface area (Å²) in [4.78, 5) is 13.7. The van der Waals surface area contributed by atoms with Crippen molar-refractivity contribution in [3.05, 3.63) is 29.8 Å². The first-order valence-corrected chi connectivity index (χ1v) is 7.45. The summed E-state index contributed by atoms with van der Waals surface area (Å²) in [5.74, 6) is 0.791. The molecule has 0 bridgehead atoms. The molecular formula is C16H24N2O3. The van der Waals surface area contributed by atoms with Crippen LogP contribution in [-0.2, 0) is 16.0 Å². The average Bonchev–Trinajstić information content (AvgIpc) is 2.97. The van der Waals surface area contributed by atoms with Crippen LogP contribution in [0.1, 0.15) is 12.0 Å². The van der Waals surface area contributed by atoms with Crippen molar-refractivity contribution >= 4 is 5.97 Å². The lowest BCUT2D eigenvalue weighted by atomic mass is 10.1. The van der Waals surface area contributed by atoms with Gasteiger partial charge in [0.2, 0.25) is 0 Å². The van der Waals surface area contributed by atoms with Gasteiger partial charge in [0.15, 0.2) is 0 Å². The van der Waals surface area contributed by atoms with Gasteiger partial charge >= 0.3 is 5.97 Å². The molecule has 5 nitrogen and oxygen atoms in total. The third-order valence-electron chi connectivity index (χ3n) is 3.84. The van der Waals surface area contributed by atoms with Crippen molar-refractivity contribution in [1.29, 1.82) is 0 Å². The van der Waals surface area contributed by atoms with Crippen LogP contribution in [0.25, 0.3) is 0 Å². The summed E-state index contributed by atoms with van der Waals surface area (Å²) >= 11 is 0. The van der Waals surface area contributed by atoms with Crippen molar-refractivity contribution in [3.63, 3.8) is 0 Å². The van der Waals surface area contributed by atoms with Crippen LogP contribution in [0.4, 0.5) is 0 Å². The Morgan fingerprint density at radius 2 is 2.14 bits per heavy atom. The Balaban J connectivity index is 1.69. The van der Waals surface area contributed by atoms with E-state index in [2.05, 4.69) is 4.90 Å². The van der Waals surface area contributed by atoms with Crippen molar-refractivity contribution < 1.29 is 14.3 Å². The predicted octanol–water partition coefficient (Wildman–Crippen LogP) is 1.06. The first-order chi connectivity index (χ1) is 10.2. The lowest BCUT2D eigenvalue weighted by Crippen LogP contribution is -2.28. The van der Waals surface area contributed by atoms with Crippen molar-refractivity contribution in [2.75, 3.05) is 39.9 Å². The smallest absolute Gasteiger partial charge is 0.310 e. The van der Waals surface area contributed by atoms with Crippen LogP contribution in [0.15, 0.2) is 24.3 Å². The summed E-state index contributed by atoms with van der Waals surface area (Å²) in [5, 5.41) is 0. The SMILES string of the molecule is COC(=O)C1CCN(CCOc2ccc(CCN)cc2)C1. The van der Waals surface area contributed by atoms with Gasteiger partial charge in [-0.15, -0.1) is 0 Å². The van der Waals surface area contributed by atoms with Gasteiger partial charge in [-0.05, 0) is 43.6 Å². The predicted molar refractivity (Wildman–Crippen MR) is 81.3 cm³/mol. The second-order valence-electron chi connectivity index (χ2n) is 5.34. The zero-order chi connectivity index (χ0) is 15.1. The molecule has 1 aliphatic rings. The highest BCUT2D eigenvalue weighted by molar-refractivity contribution is 5.72. The van der Waals surface area contributed by atoms with E-state index in [1.54, 1.807) is 0 Å². The van der Waals surface area contributed by atoms with E-state index in [1.165, 1.54) is 12.7 Å². The fourth-order valence-electron chi connectivity index (χ4n) is 2.61. The molecule has 2 N–H and O–H groups in total. The Labute approximate surface area is 126 Å². The number of carbonyl (C=O) groups excluding carboxylic acids is 1. The molecule has 116 valence electrons. The number of ether oxygens (including phenoxy) is 2. The van der Waals surface area contributed by atoms with Crippen LogP contribution in [0, 0.1) is 5.92 Å². The second kappa shape index (κ2) is 8.00. The molecule has 0 aliphatic carbocycles. The van der Waals surface area contributed by atoms with Crippen LogP contribution in [0.2, 0.25) is 0 Å². The van der Waals surface area contributed by atoms with Gasteiger partial charge in [0.1, 0.15) is 12.4 Å². The summed E-state index contributed by atoms with van der Waals surface area (Å²) in [7, 11) is 1.45. The third-order valence-corrected chi connectivity index (χ3v) is 3.84. The summed E-state index contributed by atoms with van der Waals surface area (Å²) in [6.07, 6.45) is 1.77. The summed E-state index contributed by atoms with van der Waals surface area (Å²) in [6, 6.07) is 8.05. The minimum Gasteiger partial charge on any atom is -0.492 e. The number of hydrogen-bond donors (Lipinski definition) is 1. The highest BCUT2D eigenvalue weighted by Gasteiger charge is 2.28. The highest BCUT2D eigenvalue weighted by Crippen LogP contribution is 2.17. The van der Waals surface area contributed by atoms with Gasteiger partial charge < -0.3 is 15.2 Å². The molecule has 5 heteroatoms. The van der Waals surface area contributed by atoms with E-state index in [0.717, 1.165) is 38.2 Å². The Morgan fingerprint density at radius 3 is 2.81 bits per heavy atom. The van der Waals surface area contributed by atoms with E-state index in [4.69, 9.17) is 15.2 Å². The maximum absolute atomic E-state index is 11.5. The van der Waals surface area contributed by atoms with E-state index < -0.39 is 0 Å². The third kappa shape index (κ3) is 4.72. The summed E-state index contributed by atoms with van der Waals surface area (Å²) in [6.45, 7) is 3.82. The molecule has 2 rings (SSSR count). The van der Waals surface area contributed by atoms with Crippen LogP contribution >= 0.6 is 0 Å². The molecule has 21 heavy (non-hydrogen) atoms. The van der Waals surface area contributed by atoms with Crippen molar-refractivity contribution in [2.45, 2.75) is 12.8 Å². The molecule has 1 saturated heterocycles. The van der Waals surface area contributed by atoms with Gasteiger partial charge in [-0.2, -0.15) is 0 Å². The van der Waals surface area contributed by atoms with Gasteiger partial charge in [0, 0.05) is 13.1 Å². The highest BCUT2D eigenvalue weighted by atomic mass is 16.5. The lowest BCUT2D eigenvalue weighted by molar-refractivity contribution is -0.144. The van der Waals surface area contributed by atoms with Gasteiger partial charge in [-0.25, -0.2) is 0 Å². The van der Waals surface area contributed by atoms with Gasteiger partial charge in [0.25, 0.3) is 0 Å². The number of esters is 1. The Hall–Kier alpha value is -1.59. The molecule has 1 unspecified atom stereocenters. The largest absolute Gasteiger partial charge is 0.492 e. The minimum absolute atomic E-state index is 0.0190. The Bertz CT molecular complexity index is 447. The van der Waals surface area contributed by atoms with E-state index in [1.807, 2.05) is 24.3 Å². The quantitative estimate of drug-likeness (QED) is 0.761.